The van der Waals surface area contributed by atoms with E-state index in [0.717, 1.165) is 6.26 Å². The molecule has 22 heavy (non-hydrogen) atoms. The highest BCUT2D eigenvalue weighted by molar-refractivity contribution is 7.92. The lowest BCUT2D eigenvalue weighted by molar-refractivity contribution is 0.219. The van der Waals surface area contributed by atoms with Gasteiger partial charge in [-0.25, -0.2) is 13.4 Å². The predicted molar refractivity (Wildman–Crippen MR) is 83.8 cm³/mol. The molecular formula is C12H21N2O6PS. The summed E-state index contributed by atoms with van der Waals surface area (Å²) in [6, 6.07) is 1.45. The van der Waals surface area contributed by atoms with Crippen LogP contribution in [0.3, 0.4) is 0 Å². The van der Waals surface area contributed by atoms with Gasteiger partial charge in [0, 0.05) is 5.56 Å². The highest BCUT2D eigenvalue weighted by Crippen LogP contribution is 2.52. The molecule has 0 saturated heterocycles. The van der Waals surface area contributed by atoms with E-state index in [1.807, 2.05) is 0 Å². The van der Waals surface area contributed by atoms with Crippen LogP contribution in [0, 0.1) is 0 Å². The van der Waals surface area contributed by atoms with Gasteiger partial charge < -0.3 is 13.8 Å². The van der Waals surface area contributed by atoms with Crippen molar-refractivity contribution in [2.24, 2.45) is 0 Å². The van der Waals surface area contributed by atoms with Gasteiger partial charge in [0.2, 0.25) is 10.0 Å². The Morgan fingerprint density at radius 1 is 1.27 bits per heavy atom. The van der Waals surface area contributed by atoms with Gasteiger partial charge in [0.1, 0.15) is 11.6 Å². The maximum Gasteiger partial charge on any atom is 0.335 e. The smallest absolute Gasteiger partial charge is 0.335 e. The van der Waals surface area contributed by atoms with Crippen LogP contribution in [0.25, 0.3) is 0 Å². The molecule has 0 aliphatic rings. The second-order valence-electron chi connectivity index (χ2n) is 4.36. The summed E-state index contributed by atoms with van der Waals surface area (Å²) in [5.74, 6) is 0.483. The molecule has 0 aliphatic heterocycles. The van der Waals surface area contributed by atoms with Gasteiger partial charge in [-0.15, -0.1) is 0 Å². The van der Waals surface area contributed by atoms with E-state index in [9.17, 15) is 13.0 Å². The number of anilines is 1. The molecule has 1 rings (SSSR count). The Labute approximate surface area is 130 Å². The lowest BCUT2D eigenvalue weighted by Crippen LogP contribution is -2.11. The molecule has 0 fully saturated rings. The average Bonchev–Trinajstić information content (AvgIpc) is 2.37. The first kappa shape index (κ1) is 18.9. The summed E-state index contributed by atoms with van der Waals surface area (Å²) in [6.07, 6.45) is 2.33. The van der Waals surface area contributed by atoms with Gasteiger partial charge in [-0.05, 0) is 19.9 Å². The quantitative estimate of drug-likeness (QED) is 0.680. The van der Waals surface area contributed by atoms with Gasteiger partial charge in [0.15, 0.2) is 0 Å². The summed E-state index contributed by atoms with van der Waals surface area (Å²) < 4.78 is 53.0. The summed E-state index contributed by atoms with van der Waals surface area (Å²) in [6.45, 7) is 3.90. The summed E-state index contributed by atoms with van der Waals surface area (Å²) in [5, 5.41) is 0. The van der Waals surface area contributed by atoms with Gasteiger partial charge in [-0.1, -0.05) is 0 Å². The van der Waals surface area contributed by atoms with E-state index in [4.69, 9.17) is 13.8 Å². The molecule has 0 aliphatic carbocycles. The number of nitrogens with zero attached hydrogens (tertiary/aromatic N) is 1. The molecule has 1 aromatic heterocycles. The number of sulfonamides is 1. The molecule has 8 nitrogen and oxygen atoms in total. The van der Waals surface area contributed by atoms with E-state index in [1.54, 1.807) is 13.8 Å². The van der Waals surface area contributed by atoms with E-state index in [-0.39, 0.29) is 25.2 Å². The Kier molecular flexibility index (Phi) is 6.80. The highest BCUT2D eigenvalue weighted by atomic mass is 32.2. The van der Waals surface area contributed by atoms with E-state index < -0.39 is 17.6 Å². The van der Waals surface area contributed by atoms with Crippen molar-refractivity contribution in [2.45, 2.75) is 20.0 Å². The first-order chi connectivity index (χ1) is 10.2. The zero-order valence-electron chi connectivity index (χ0n) is 13.0. The number of methoxy groups -OCH3 is 1. The predicted octanol–water partition coefficient (Wildman–Crippen LogP) is 2.23. The monoisotopic (exact) mass is 352 g/mol. The van der Waals surface area contributed by atoms with E-state index >= 15 is 0 Å². The Balaban J connectivity index is 3.14. The third-order valence-corrected chi connectivity index (χ3v) is 5.08. The van der Waals surface area contributed by atoms with Crippen LogP contribution in [0.1, 0.15) is 19.4 Å². The summed E-state index contributed by atoms with van der Waals surface area (Å²) >= 11 is 0. The van der Waals surface area contributed by atoms with Crippen molar-refractivity contribution in [3.8, 4) is 5.75 Å². The minimum Gasteiger partial charge on any atom is -0.495 e. The molecule has 0 saturated carbocycles. The van der Waals surface area contributed by atoms with Crippen LogP contribution < -0.4 is 9.46 Å². The van der Waals surface area contributed by atoms with Gasteiger partial charge >= 0.3 is 7.60 Å². The Hall–Kier alpha value is -1.15. The van der Waals surface area contributed by atoms with Crippen LogP contribution in [-0.2, 0) is 29.8 Å². The van der Waals surface area contributed by atoms with Crippen LogP contribution in [0.15, 0.2) is 12.3 Å². The minimum atomic E-state index is -3.46. The molecule has 1 aromatic rings. The second kappa shape index (κ2) is 7.92. The fraction of sp³-hybridized carbons (Fsp3) is 0.583. The van der Waals surface area contributed by atoms with Gasteiger partial charge in [0.25, 0.3) is 0 Å². The molecule has 10 heteroatoms. The van der Waals surface area contributed by atoms with Crippen molar-refractivity contribution in [2.75, 3.05) is 31.3 Å². The molecule has 0 unspecified atom stereocenters. The first-order valence-corrected chi connectivity index (χ1v) is 10.2. The van der Waals surface area contributed by atoms with E-state index in [2.05, 4.69) is 9.71 Å². The van der Waals surface area contributed by atoms with Gasteiger partial charge in [-0.3, -0.25) is 9.29 Å². The van der Waals surface area contributed by atoms with Gasteiger partial charge in [-0.2, -0.15) is 0 Å². The molecule has 0 radical (unpaired) electrons. The molecule has 1 heterocycles. The SMILES string of the molecule is CCOP(=O)(Cc1cc(NS(C)(=O)=O)ncc1OC)OCC. The maximum atomic E-state index is 12.6. The maximum absolute atomic E-state index is 12.6. The van der Waals surface area contributed by atoms with E-state index in [0.29, 0.717) is 11.3 Å². The number of hydrogen-bond acceptors (Lipinski definition) is 7. The molecule has 0 aromatic carbocycles. The number of pyridine rings is 1. The molecule has 0 amide bonds. The zero-order valence-corrected chi connectivity index (χ0v) is 14.7. The molecule has 0 spiro atoms. The molecule has 0 bridgehead atoms. The van der Waals surface area contributed by atoms with Crippen LogP contribution in [-0.4, -0.2) is 40.0 Å². The van der Waals surface area contributed by atoms with Crippen LogP contribution in [0.4, 0.5) is 5.82 Å². The largest absolute Gasteiger partial charge is 0.495 e. The van der Waals surface area contributed by atoms with Gasteiger partial charge in [0.05, 0.1) is 38.9 Å². The van der Waals surface area contributed by atoms with Crippen molar-refractivity contribution < 1.29 is 26.8 Å². The standard InChI is InChI=1S/C12H21N2O6PS/c1-5-19-21(15,20-6-2)9-10-7-12(14-22(4,16)17)13-8-11(10)18-3/h7-8H,5-6,9H2,1-4H3,(H,13,14). The van der Waals surface area contributed by atoms with Crippen molar-refractivity contribution in [1.29, 1.82) is 0 Å². The Morgan fingerprint density at radius 2 is 1.86 bits per heavy atom. The lowest BCUT2D eigenvalue weighted by Gasteiger charge is -2.18. The Morgan fingerprint density at radius 3 is 2.32 bits per heavy atom. The fourth-order valence-corrected chi connectivity index (χ4v) is 3.97. The number of hydrogen-bond donors (Lipinski definition) is 1. The number of ether oxygens (including phenoxy) is 1. The summed E-state index contributed by atoms with van der Waals surface area (Å²) in [4.78, 5) is 3.93. The Bertz CT molecular complexity index is 639. The minimum absolute atomic E-state index is 0.0428. The summed E-state index contributed by atoms with van der Waals surface area (Å²) in [5.41, 5.74) is 0.480. The zero-order chi connectivity index (χ0) is 16.8. The van der Waals surface area contributed by atoms with Crippen LogP contribution >= 0.6 is 7.60 Å². The highest BCUT2D eigenvalue weighted by Gasteiger charge is 2.26. The molecule has 1 N–H and O–H groups in total. The molecule has 126 valence electrons. The topological polar surface area (TPSA) is 104 Å². The van der Waals surface area contributed by atoms with Crippen molar-refractivity contribution >= 4 is 23.4 Å². The average molecular weight is 352 g/mol. The molecular weight excluding hydrogens is 331 g/mol. The third-order valence-electron chi connectivity index (χ3n) is 2.47. The second-order valence-corrected chi connectivity index (χ2v) is 8.16. The van der Waals surface area contributed by atoms with Crippen molar-refractivity contribution in [3.63, 3.8) is 0 Å². The van der Waals surface area contributed by atoms with Crippen LogP contribution in [0.5, 0.6) is 5.75 Å². The van der Waals surface area contributed by atoms with Crippen LogP contribution in [0.2, 0.25) is 0 Å². The van der Waals surface area contributed by atoms with Crippen molar-refractivity contribution in [3.05, 3.63) is 17.8 Å². The lowest BCUT2D eigenvalue weighted by atomic mass is 10.3. The first-order valence-electron chi connectivity index (χ1n) is 6.61. The number of aromatic nitrogens is 1. The molecule has 0 atom stereocenters. The van der Waals surface area contributed by atoms with Crippen molar-refractivity contribution in [1.82, 2.24) is 4.98 Å². The number of rotatable bonds is 9. The van der Waals surface area contributed by atoms with E-state index in [1.165, 1.54) is 19.4 Å². The normalized spacial score (nSPS) is 12.2. The number of nitrogens with one attached hydrogen (secondary N) is 1. The third kappa shape index (κ3) is 5.92. The fourth-order valence-electron chi connectivity index (χ4n) is 1.77. The summed E-state index contributed by atoms with van der Waals surface area (Å²) in [7, 11) is -5.36.